The summed E-state index contributed by atoms with van der Waals surface area (Å²) in [6, 6.07) is 3.11. The molecule has 0 radical (unpaired) electrons. The summed E-state index contributed by atoms with van der Waals surface area (Å²) < 4.78 is 10.1. The van der Waals surface area contributed by atoms with Gasteiger partial charge in [-0.25, -0.2) is 14.6 Å². The number of ether oxygens (including phenoxy) is 2. The molecule has 120 valence electrons. The van der Waals surface area contributed by atoms with Gasteiger partial charge in [-0.15, -0.1) is 0 Å². The Hall–Kier alpha value is -2.11. The number of amides is 1. The summed E-state index contributed by atoms with van der Waals surface area (Å²) in [5, 5.41) is 0. The Kier molecular flexibility index (Phi) is 4.68. The number of hydrogen-bond acceptors (Lipinski definition) is 5. The van der Waals surface area contributed by atoms with E-state index in [1.54, 1.807) is 12.1 Å². The van der Waals surface area contributed by atoms with E-state index in [4.69, 9.17) is 9.47 Å². The number of pyridine rings is 1. The van der Waals surface area contributed by atoms with E-state index in [9.17, 15) is 9.59 Å². The lowest BCUT2D eigenvalue weighted by molar-refractivity contribution is 0.0570. The number of carbonyl (C=O) groups is 2. The van der Waals surface area contributed by atoms with Crippen LogP contribution in [0.25, 0.3) is 0 Å². The van der Waals surface area contributed by atoms with Crippen LogP contribution in [0, 0.1) is 5.92 Å². The normalized spacial score (nSPS) is 14.4. The molecule has 0 saturated heterocycles. The highest BCUT2D eigenvalue weighted by Gasteiger charge is 2.31. The second-order valence-corrected chi connectivity index (χ2v) is 6.43. The zero-order valence-corrected chi connectivity index (χ0v) is 13.5. The van der Waals surface area contributed by atoms with Crippen LogP contribution in [0.4, 0.5) is 10.6 Å². The lowest BCUT2D eigenvalue weighted by Gasteiger charge is -2.27. The predicted octanol–water partition coefficient (Wildman–Crippen LogP) is 3.02. The van der Waals surface area contributed by atoms with Gasteiger partial charge in [-0.05, 0) is 51.7 Å². The van der Waals surface area contributed by atoms with Crippen molar-refractivity contribution in [1.29, 1.82) is 0 Å². The fraction of sp³-hybridized carbons (Fsp3) is 0.562. The number of hydrogen-bond donors (Lipinski definition) is 0. The van der Waals surface area contributed by atoms with Crippen LogP contribution in [-0.4, -0.2) is 36.3 Å². The zero-order valence-electron chi connectivity index (χ0n) is 13.5. The number of methoxy groups -OCH3 is 1. The summed E-state index contributed by atoms with van der Waals surface area (Å²) in [6.45, 7) is 6.00. The van der Waals surface area contributed by atoms with Crippen LogP contribution in [0.15, 0.2) is 18.3 Å². The highest BCUT2D eigenvalue weighted by atomic mass is 16.6. The van der Waals surface area contributed by atoms with E-state index >= 15 is 0 Å². The summed E-state index contributed by atoms with van der Waals surface area (Å²) in [6.07, 6.45) is 3.23. The summed E-state index contributed by atoms with van der Waals surface area (Å²) >= 11 is 0. The molecular weight excluding hydrogens is 284 g/mol. The first-order valence-corrected chi connectivity index (χ1v) is 7.35. The fourth-order valence-corrected chi connectivity index (χ4v) is 1.95. The minimum atomic E-state index is -0.584. The molecule has 22 heavy (non-hydrogen) atoms. The Morgan fingerprint density at radius 2 is 2.05 bits per heavy atom. The molecule has 0 spiro atoms. The number of carbonyl (C=O) groups excluding carboxylic acids is 2. The van der Waals surface area contributed by atoms with Gasteiger partial charge in [0.25, 0.3) is 0 Å². The van der Waals surface area contributed by atoms with Gasteiger partial charge in [0.15, 0.2) is 0 Å². The summed E-state index contributed by atoms with van der Waals surface area (Å²) in [5.74, 6) is 0.416. The maximum Gasteiger partial charge on any atom is 0.416 e. The Balaban J connectivity index is 2.24. The van der Waals surface area contributed by atoms with E-state index < -0.39 is 17.7 Å². The Bertz CT molecular complexity index is 562. The largest absolute Gasteiger partial charge is 0.465 e. The van der Waals surface area contributed by atoms with Crippen molar-refractivity contribution in [2.75, 3.05) is 18.6 Å². The number of esters is 1. The van der Waals surface area contributed by atoms with E-state index in [0.717, 1.165) is 12.8 Å². The van der Waals surface area contributed by atoms with Gasteiger partial charge in [0.1, 0.15) is 11.4 Å². The Morgan fingerprint density at radius 1 is 1.36 bits per heavy atom. The van der Waals surface area contributed by atoms with Gasteiger partial charge in [0.2, 0.25) is 0 Å². The van der Waals surface area contributed by atoms with E-state index in [0.29, 0.717) is 23.8 Å². The average molecular weight is 306 g/mol. The minimum absolute atomic E-state index is 0.358. The number of aromatic nitrogens is 1. The van der Waals surface area contributed by atoms with Gasteiger partial charge in [-0.3, -0.25) is 4.90 Å². The van der Waals surface area contributed by atoms with Crippen LogP contribution in [0.2, 0.25) is 0 Å². The van der Waals surface area contributed by atoms with Gasteiger partial charge in [-0.2, -0.15) is 0 Å². The third kappa shape index (κ3) is 4.44. The fourth-order valence-electron chi connectivity index (χ4n) is 1.95. The summed E-state index contributed by atoms with van der Waals surface area (Å²) in [5.41, 5.74) is -0.226. The number of anilines is 1. The Morgan fingerprint density at radius 3 is 2.59 bits per heavy atom. The van der Waals surface area contributed by atoms with Crippen molar-refractivity contribution in [1.82, 2.24) is 4.98 Å². The van der Waals surface area contributed by atoms with E-state index in [1.165, 1.54) is 18.2 Å². The molecule has 1 aliphatic carbocycles. The molecule has 1 heterocycles. The van der Waals surface area contributed by atoms with Crippen molar-refractivity contribution in [2.24, 2.45) is 5.92 Å². The van der Waals surface area contributed by atoms with Crippen molar-refractivity contribution in [3.63, 3.8) is 0 Å². The first-order chi connectivity index (χ1) is 10.3. The van der Waals surface area contributed by atoms with Crippen molar-refractivity contribution < 1.29 is 19.1 Å². The number of rotatable bonds is 4. The molecule has 1 aromatic heterocycles. The highest BCUT2D eigenvalue weighted by Crippen LogP contribution is 2.31. The Labute approximate surface area is 130 Å². The van der Waals surface area contributed by atoms with Crippen molar-refractivity contribution >= 4 is 17.9 Å². The molecule has 6 nitrogen and oxygen atoms in total. The first-order valence-electron chi connectivity index (χ1n) is 7.35. The summed E-state index contributed by atoms with van der Waals surface area (Å²) in [4.78, 5) is 29.8. The molecule has 0 N–H and O–H groups in total. The van der Waals surface area contributed by atoms with Crippen molar-refractivity contribution in [3.05, 3.63) is 23.9 Å². The molecule has 0 unspecified atom stereocenters. The molecular formula is C16H22N2O4. The second-order valence-electron chi connectivity index (χ2n) is 6.43. The lowest BCUT2D eigenvalue weighted by atomic mass is 10.2. The van der Waals surface area contributed by atoms with Gasteiger partial charge < -0.3 is 9.47 Å². The first kappa shape index (κ1) is 16.3. The van der Waals surface area contributed by atoms with Gasteiger partial charge in [0.05, 0.1) is 12.7 Å². The molecule has 0 bridgehead atoms. The highest BCUT2D eigenvalue weighted by molar-refractivity contribution is 5.92. The standard InChI is InChI=1S/C16H22N2O4/c1-16(2,3)22-15(20)18(10-11-5-6-11)13-9-12(7-8-17-13)14(19)21-4/h7-9,11H,5-6,10H2,1-4H3. The average Bonchev–Trinajstić information content (AvgIpc) is 3.26. The molecule has 1 fully saturated rings. The molecule has 0 aliphatic heterocycles. The zero-order chi connectivity index (χ0) is 16.3. The van der Waals surface area contributed by atoms with E-state index in [-0.39, 0.29) is 0 Å². The topological polar surface area (TPSA) is 68.7 Å². The van der Waals surface area contributed by atoms with Crippen LogP contribution in [-0.2, 0) is 9.47 Å². The monoisotopic (exact) mass is 306 g/mol. The third-order valence-corrected chi connectivity index (χ3v) is 3.19. The smallest absolute Gasteiger partial charge is 0.416 e. The lowest BCUT2D eigenvalue weighted by Crippen LogP contribution is -2.38. The van der Waals surface area contributed by atoms with Gasteiger partial charge >= 0.3 is 12.1 Å². The quantitative estimate of drug-likeness (QED) is 0.800. The van der Waals surface area contributed by atoms with Crippen LogP contribution >= 0.6 is 0 Å². The molecule has 1 amide bonds. The van der Waals surface area contributed by atoms with Gasteiger partial charge in [0, 0.05) is 12.7 Å². The maximum atomic E-state index is 12.4. The third-order valence-electron chi connectivity index (χ3n) is 3.19. The van der Waals surface area contributed by atoms with Crippen molar-refractivity contribution in [2.45, 2.75) is 39.2 Å². The van der Waals surface area contributed by atoms with Gasteiger partial charge in [-0.1, -0.05) is 0 Å². The molecule has 1 aliphatic rings. The number of nitrogens with zero attached hydrogens (tertiary/aromatic N) is 2. The molecule has 0 aromatic carbocycles. The minimum Gasteiger partial charge on any atom is -0.465 e. The molecule has 1 saturated carbocycles. The van der Waals surface area contributed by atoms with E-state index in [1.807, 2.05) is 20.8 Å². The SMILES string of the molecule is COC(=O)c1ccnc(N(CC2CC2)C(=O)OC(C)(C)C)c1. The predicted molar refractivity (Wildman–Crippen MR) is 81.9 cm³/mol. The summed E-state index contributed by atoms with van der Waals surface area (Å²) in [7, 11) is 1.32. The maximum absolute atomic E-state index is 12.4. The van der Waals surface area contributed by atoms with Crippen LogP contribution in [0.5, 0.6) is 0 Å². The molecule has 1 aromatic rings. The molecule has 6 heteroatoms. The van der Waals surface area contributed by atoms with Crippen LogP contribution < -0.4 is 4.90 Å². The van der Waals surface area contributed by atoms with Crippen LogP contribution in [0.1, 0.15) is 44.0 Å². The second kappa shape index (κ2) is 6.34. The molecule has 0 atom stereocenters. The molecule has 2 rings (SSSR count). The van der Waals surface area contributed by atoms with Crippen LogP contribution in [0.3, 0.4) is 0 Å². The van der Waals surface area contributed by atoms with Crippen molar-refractivity contribution in [3.8, 4) is 0 Å². The van der Waals surface area contributed by atoms with E-state index in [2.05, 4.69) is 4.98 Å².